The third-order valence-electron chi connectivity index (χ3n) is 3.99. The van der Waals surface area contributed by atoms with Crippen LogP contribution in [0.3, 0.4) is 0 Å². The Morgan fingerprint density at radius 3 is 2.80 bits per heavy atom. The lowest BCUT2D eigenvalue weighted by Gasteiger charge is -2.33. The summed E-state index contributed by atoms with van der Waals surface area (Å²) in [5.74, 6) is 0. The van der Waals surface area contributed by atoms with Crippen LogP contribution in [0.1, 0.15) is 38.7 Å². The number of hydrogen-bond donors (Lipinski definition) is 1. The van der Waals surface area contributed by atoms with Crippen LogP contribution in [0.25, 0.3) is 0 Å². The molecule has 1 aliphatic heterocycles. The van der Waals surface area contributed by atoms with Gasteiger partial charge in [0, 0.05) is 34.7 Å². The summed E-state index contributed by atoms with van der Waals surface area (Å²) >= 11 is 9.81. The Hall–Kier alpha value is -0.0900. The van der Waals surface area contributed by atoms with Crippen LogP contribution in [0.15, 0.2) is 22.7 Å². The summed E-state index contributed by atoms with van der Waals surface area (Å²) in [6.45, 7) is 7.70. The fourth-order valence-corrected chi connectivity index (χ4v) is 3.42. The van der Waals surface area contributed by atoms with E-state index >= 15 is 0 Å². The highest BCUT2D eigenvalue weighted by atomic mass is 79.9. The highest BCUT2D eigenvalue weighted by Crippen LogP contribution is 2.23. The predicted molar refractivity (Wildman–Crippen MR) is 90.3 cm³/mol. The fraction of sp³-hybridized carbons (Fsp3) is 0.625. The SMILES string of the molecule is CC(C)N(Cc1ccc(Br)cc1Cl)CC1CCCCN1. The third kappa shape index (κ3) is 4.73. The average Bonchev–Trinajstić information content (AvgIpc) is 2.42. The van der Waals surface area contributed by atoms with Crippen molar-refractivity contribution in [3.8, 4) is 0 Å². The van der Waals surface area contributed by atoms with Gasteiger partial charge in [-0.05, 0) is 50.9 Å². The van der Waals surface area contributed by atoms with E-state index in [1.807, 2.05) is 6.07 Å². The van der Waals surface area contributed by atoms with Gasteiger partial charge in [0.2, 0.25) is 0 Å². The van der Waals surface area contributed by atoms with Gasteiger partial charge in [0.15, 0.2) is 0 Å². The van der Waals surface area contributed by atoms with Gasteiger partial charge in [0.1, 0.15) is 0 Å². The van der Waals surface area contributed by atoms with E-state index in [9.17, 15) is 0 Å². The van der Waals surface area contributed by atoms with Crippen molar-refractivity contribution in [3.63, 3.8) is 0 Å². The molecule has 2 nitrogen and oxygen atoms in total. The number of hydrogen-bond acceptors (Lipinski definition) is 2. The van der Waals surface area contributed by atoms with E-state index in [-0.39, 0.29) is 0 Å². The van der Waals surface area contributed by atoms with Gasteiger partial charge in [-0.25, -0.2) is 0 Å². The van der Waals surface area contributed by atoms with Gasteiger partial charge in [-0.3, -0.25) is 4.90 Å². The molecule has 0 aromatic heterocycles. The minimum Gasteiger partial charge on any atom is -0.313 e. The summed E-state index contributed by atoms with van der Waals surface area (Å²) in [7, 11) is 0. The highest BCUT2D eigenvalue weighted by molar-refractivity contribution is 9.10. The Labute approximate surface area is 136 Å². The molecule has 2 rings (SSSR count). The Balaban J connectivity index is 2.01. The molecule has 0 radical (unpaired) electrons. The molecule has 1 fully saturated rings. The average molecular weight is 360 g/mol. The van der Waals surface area contributed by atoms with E-state index in [2.05, 4.69) is 52.1 Å². The third-order valence-corrected chi connectivity index (χ3v) is 4.83. The van der Waals surface area contributed by atoms with Gasteiger partial charge in [-0.2, -0.15) is 0 Å². The van der Waals surface area contributed by atoms with Crippen molar-refractivity contribution < 1.29 is 0 Å². The van der Waals surface area contributed by atoms with Crippen molar-refractivity contribution in [2.75, 3.05) is 13.1 Å². The molecule has 4 heteroatoms. The van der Waals surface area contributed by atoms with Gasteiger partial charge in [0.05, 0.1) is 0 Å². The second-order valence-corrected chi connectivity index (χ2v) is 7.23. The molecule has 1 saturated heterocycles. The maximum Gasteiger partial charge on any atom is 0.0462 e. The Bertz CT molecular complexity index is 430. The van der Waals surface area contributed by atoms with Crippen molar-refractivity contribution in [2.45, 2.75) is 51.7 Å². The molecule has 1 aromatic carbocycles. The van der Waals surface area contributed by atoms with Crippen LogP contribution in [0.5, 0.6) is 0 Å². The molecular formula is C16H24BrClN2. The van der Waals surface area contributed by atoms with E-state index in [4.69, 9.17) is 11.6 Å². The summed E-state index contributed by atoms with van der Waals surface area (Å²) in [5, 5.41) is 4.48. The number of nitrogens with one attached hydrogen (secondary N) is 1. The second kappa shape index (κ2) is 7.79. The molecule has 0 bridgehead atoms. The van der Waals surface area contributed by atoms with Crippen LogP contribution in [-0.4, -0.2) is 30.1 Å². The minimum atomic E-state index is 0.526. The molecule has 0 aliphatic carbocycles. The molecule has 0 amide bonds. The van der Waals surface area contributed by atoms with Gasteiger partial charge < -0.3 is 5.32 Å². The molecule has 20 heavy (non-hydrogen) atoms. The first-order valence-electron chi connectivity index (χ1n) is 7.47. The first kappa shape index (κ1) is 16.3. The van der Waals surface area contributed by atoms with Crippen LogP contribution in [0, 0.1) is 0 Å². The molecular weight excluding hydrogens is 336 g/mol. The van der Waals surface area contributed by atoms with Crippen molar-refractivity contribution in [2.24, 2.45) is 0 Å². The molecule has 1 heterocycles. The Kier molecular flexibility index (Phi) is 6.34. The quantitative estimate of drug-likeness (QED) is 0.835. The summed E-state index contributed by atoms with van der Waals surface area (Å²) in [6, 6.07) is 7.32. The number of nitrogens with zero attached hydrogens (tertiary/aromatic N) is 1. The lowest BCUT2D eigenvalue weighted by Crippen LogP contribution is -2.45. The molecule has 1 aromatic rings. The van der Waals surface area contributed by atoms with Crippen LogP contribution < -0.4 is 5.32 Å². The van der Waals surface area contributed by atoms with Gasteiger partial charge >= 0.3 is 0 Å². The topological polar surface area (TPSA) is 15.3 Å². The molecule has 112 valence electrons. The van der Waals surface area contributed by atoms with Crippen LogP contribution in [0.4, 0.5) is 0 Å². The largest absolute Gasteiger partial charge is 0.313 e. The van der Waals surface area contributed by atoms with E-state index < -0.39 is 0 Å². The fourth-order valence-electron chi connectivity index (χ4n) is 2.69. The molecule has 0 saturated carbocycles. The van der Waals surface area contributed by atoms with Gasteiger partial charge in [0.25, 0.3) is 0 Å². The standard InChI is InChI=1S/C16H24BrClN2/c1-12(2)20(11-15-5-3-4-8-19-15)10-13-6-7-14(17)9-16(13)18/h6-7,9,12,15,19H,3-5,8,10-11H2,1-2H3. The summed E-state index contributed by atoms with van der Waals surface area (Å²) in [4.78, 5) is 2.51. The first-order chi connectivity index (χ1) is 9.56. The molecule has 0 spiro atoms. The molecule has 1 atom stereocenters. The highest BCUT2D eigenvalue weighted by Gasteiger charge is 2.19. The lowest BCUT2D eigenvalue weighted by atomic mass is 10.0. The van der Waals surface area contributed by atoms with Crippen molar-refractivity contribution in [1.29, 1.82) is 0 Å². The predicted octanol–water partition coefficient (Wildman–Crippen LogP) is 4.46. The summed E-state index contributed by atoms with van der Waals surface area (Å²) in [5.41, 5.74) is 1.21. The van der Waals surface area contributed by atoms with Crippen LogP contribution in [0.2, 0.25) is 5.02 Å². The first-order valence-corrected chi connectivity index (χ1v) is 8.64. The Morgan fingerprint density at radius 2 is 2.20 bits per heavy atom. The smallest absolute Gasteiger partial charge is 0.0462 e. The zero-order valence-electron chi connectivity index (χ0n) is 12.3. The maximum absolute atomic E-state index is 6.35. The normalized spacial score (nSPS) is 19.8. The van der Waals surface area contributed by atoms with E-state index in [0.29, 0.717) is 12.1 Å². The number of benzene rings is 1. The zero-order chi connectivity index (χ0) is 14.5. The van der Waals surface area contributed by atoms with Gasteiger partial charge in [-0.15, -0.1) is 0 Å². The van der Waals surface area contributed by atoms with E-state index in [1.54, 1.807) is 0 Å². The van der Waals surface area contributed by atoms with Crippen molar-refractivity contribution in [1.82, 2.24) is 10.2 Å². The number of halogens is 2. The number of piperidine rings is 1. The molecule has 1 unspecified atom stereocenters. The lowest BCUT2D eigenvalue weighted by molar-refractivity contribution is 0.177. The molecule has 1 N–H and O–H groups in total. The molecule has 1 aliphatic rings. The maximum atomic E-state index is 6.35. The summed E-state index contributed by atoms with van der Waals surface area (Å²) in [6.07, 6.45) is 3.96. The van der Waals surface area contributed by atoms with E-state index in [0.717, 1.165) is 29.1 Å². The summed E-state index contributed by atoms with van der Waals surface area (Å²) < 4.78 is 1.04. The monoisotopic (exact) mass is 358 g/mol. The second-order valence-electron chi connectivity index (χ2n) is 5.91. The minimum absolute atomic E-state index is 0.526. The van der Waals surface area contributed by atoms with Crippen molar-refractivity contribution >= 4 is 27.5 Å². The number of rotatable bonds is 5. The van der Waals surface area contributed by atoms with Crippen molar-refractivity contribution in [3.05, 3.63) is 33.3 Å². The zero-order valence-corrected chi connectivity index (χ0v) is 14.7. The van der Waals surface area contributed by atoms with Crippen LogP contribution in [-0.2, 0) is 6.54 Å². The van der Waals surface area contributed by atoms with Gasteiger partial charge in [-0.1, -0.05) is 40.0 Å². The van der Waals surface area contributed by atoms with Crippen LogP contribution >= 0.6 is 27.5 Å². The Morgan fingerprint density at radius 1 is 1.40 bits per heavy atom. The van der Waals surface area contributed by atoms with E-state index in [1.165, 1.54) is 24.8 Å².